The largest absolute Gasteiger partial charge is 0.495 e. The molecule has 0 radical (unpaired) electrons. The second kappa shape index (κ2) is 7.18. The van der Waals surface area contributed by atoms with Gasteiger partial charge in [0.05, 0.1) is 12.0 Å². The van der Waals surface area contributed by atoms with Gasteiger partial charge in [-0.15, -0.1) is 0 Å². The number of nitro benzene ring substituents is 1. The van der Waals surface area contributed by atoms with Crippen LogP contribution < -0.4 is 18.9 Å². The van der Waals surface area contributed by atoms with Gasteiger partial charge in [-0.05, 0) is 30.2 Å². The average molecular weight is 380 g/mol. The number of nitro groups is 1. The van der Waals surface area contributed by atoms with Crippen molar-refractivity contribution < 1.29 is 27.6 Å². The van der Waals surface area contributed by atoms with Gasteiger partial charge in [-0.2, -0.15) is 0 Å². The smallest absolute Gasteiger partial charge is 0.271 e. The summed E-state index contributed by atoms with van der Waals surface area (Å²) in [6.07, 6.45) is 0.410. The zero-order valence-electron chi connectivity index (χ0n) is 13.8. The Balaban J connectivity index is 1.73. The Morgan fingerprint density at radius 1 is 1.19 bits per heavy atom. The number of nitrogens with one attached hydrogen (secondary N) is 1. The molecule has 0 spiro atoms. The lowest BCUT2D eigenvalue weighted by Crippen LogP contribution is -2.26. The monoisotopic (exact) mass is 380 g/mol. The summed E-state index contributed by atoms with van der Waals surface area (Å²) >= 11 is 0. The van der Waals surface area contributed by atoms with Gasteiger partial charge < -0.3 is 14.2 Å². The lowest BCUT2D eigenvalue weighted by atomic mass is 10.1. The van der Waals surface area contributed by atoms with Crippen molar-refractivity contribution in [2.24, 2.45) is 0 Å². The minimum Gasteiger partial charge on any atom is -0.495 e. The van der Waals surface area contributed by atoms with Crippen LogP contribution in [0.1, 0.15) is 5.56 Å². The van der Waals surface area contributed by atoms with Crippen LogP contribution in [0.3, 0.4) is 0 Å². The van der Waals surface area contributed by atoms with Crippen molar-refractivity contribution in [3.8, 4) is 17.2 Å². The van der Waals surface area contributed by atoms with Crippen LogP contribution in [-0.2, 0) is 16.4 Å². The Morgan fingerprint density at radius 3 is 2.69 bits per heavy atom. The summed E-state index contributed by atoms with van der Waals surface area (Å²) in [4.78, 5) is 9.96. The molecule has 1 aliphatic rings. The van der Waals surface area contributed by atoms with Crippen molar-refractivity contribution in [1.82, 2.24) is 4.72 Å². The van der Waals surface area contributed by atoms with Crippen LogP contribution in [0.4, 0.5) is 5.69 Å². The van der Waals surface area contributed by atoms with Crippen molar-refractivity contribution in [3.63, 3.8) is 0 Å². The number of nitrogens with zero attached hydrogens (tertiary/aromatic N) is 1. The number of sulfonamides is 1. The number of methoxy groups -OCH3 is 1. The molecule has 0 saturated carbocycles. The molecule has 0 aromatic heterocycles. The highest BCUT2D eigenvalue weighted by atomic mass is 32.2. The van der Waals surface area contributed by atoms with Gasteiger partial charge >= 0.3 is 0 Å². The minimum atomic E-state index is -3.98. The molecule has 1 N–H and O–H groups in total. The molecule has 10 heteroatoms. The van der Waals surface area contributed by atoms with Crippen molar-refractivity contribution in [3.05, 3.63) is 52.1 Å². The van der Waals surface area contributed by atoms with E-state index in [1.807, 2.05) is 6.07 Å². The third-order valence-electron chi connectivity index (χ3n) is 3.79. The molecular weight excluding hydrogens is 364 g/mol. The van der Waals surface area contributed by atoms with E-state index >= 15 is 0 Å². The number of ether oxygens (including phenoxy) is 3. The molecule has 0 fully saturated rings. The van der Waals surface area contributed by atoms with Gasteiger partial charge in [-0.1, -0.05) is 6.07 Å². The van der Waals surface area contributed by atoms with Crippen LogP contribution in [0.2, 0.25) is 0 Å². The Kier molecular flexibility index (Phi) is 4.96. The Bertz CT molecular complexity index is 944. The van der Waals surface area contributed by atoms with E-state index in [4.69, 9.17) is 14.2 Å². The van der Waals surface area contributed by atoms with Gasteiger partial charge in [0.2, 0.25) is 16.8 Å². The number of hydrogen-bond acceptors (Lipinski definition) is 7. The summed E-state index contributed by atoms with van der Waals surface area (Å²) in [6.45, 7) is 0.270. The SMILES string of the molecule is COc1ccc([N+](=O)[O-])cc1S(=O)(=O)NCCc1ccc2c(c1)OCO2. The Hall–Kier alpha value is -2.85. The van der Waals surface area contributed by atoms with Crippen LogP contribution in [-0.4, -0.2) is 33.8 Å². The van der Waals surface area contributed by atoms with Gasteiger partial charge in [0.15, 0.2) is 11.5 Å². The fourth-order valence-electron chi connectivity index (χ4n) is 2.49. The second-order valence-electron chi connectivity index (χ2n) is 5.43. The molecule has 2 aromatic rings. The molecule has 2 aromatic carbocycles. The Labute approximate surface area is 149 Å². The summed E-state index contributed by atoms with van der Waals surface area (Å²) in [6, 6.07) is 8.77. The van der Waals surface area contributed by atoms with E-state index in [2.05, 4.69) is 4.72 Å². The van der Waals surface area contributed by atoms with E-state index in [0.717, 1.165) is 11.6 Å². The third-order valence-corrected chi connectivity index (χ3v) is 5.27. The summed E-state index contributed by atoms with van der Waals surface area (Å²) in [7, 11) is -2.68. The maximum atomic E-state index is 12.5. The normalized spacial score (nSPS) is 12.8. The highest BCUT2D eigenvalue weighted by Crippen LogP contribution is 2.32. The lowest BCUT2D eigenvalue weighted by molar-refractivity contribution is -0.385. The maximum Gasteiger partial charge on any atom is 0.271 e. The molecule has 26 heavy (non-hydrogen) atoms. The average Bonchev–Trinajstić information content (AvgIpc) is 3.08. The number of fused-ring (bicyclic) bond motifs is 1. The van der Waals surface area contributed by atoms with Crippen LogP contribution in [0, 0.1) is 10.1 Å². The Morgan fingerprint density at radius 2 is 1.96 bits per heavy atom. The molecule has 1 heterocycles. The van der Waals surface area contributed by atoms with E-state index in [-0.39, 0.29) is 29.7 Å². The van der Waals surface area contributed by atoms with E-state index in [0.29, 0.717) is 17.9 Å². The van der Waals surface area contributed by atoms with Crippen LogP contribution in [0.15, 0.2) is 41.3 Å². The zero-order chi connectivity index (χ0) is 18.7. The van der Waals surface area contributed by atoms with Gasteiger partial charge in [0, 0.05) is 18.7 Å². The summed E-state index contributed by atoms with van der Waals surface area (Å²) in [5.74, 6) is 1.30. The highest BCUT2D eigenvalue weighted by Gasteiger charge is 2.23. The molecule has 0 atom stereocenters. The maximum absolute atomic E-state index is 12.5. The number of hydrogen-bond donors (Lipinski definition) is 1. The first-order valence-electron chi connectivity index (χ1n) is 7.61. The molecule has 0 aliphatic carbocycles. The van der Waals surface area contributed by atoms with Crippen molar-refractivity contribution in [2.75, 3.05) is 20.4 Å². The van der Waals surface area contributed by atoms with Gasteiger partial charge in [0.1, 0.15) is 10.6 Å². The van der Waals surface area contributed by atoms with Crippen molar-refractivity contribution in [1.29, 1.82) is 0 Å². The lowest BCUT2D eigenvalue weighted by Gasteiger charge is -2.11. The van der Waals surface area contributed by atoms with Crippen molar-refractivity contribution >= 4 is 15.7 Å². The molecular formula is C16H16N2O7S. The number of non-ortho nitro benzene ring substituents is 1. The first kappa shape index (κ1) is 18.0. The first-order valence-corrected chi connectivity index (χ1v) is 9.09. The summed E-state index contributed by atoms with van der Waals surface area (Å²) in [5, 5.41) is 10.9. The van der Waals surface area contributed by atoms with E-state index in [1.54, 1.807) is 12.1 Å². The molecule has 138 valence electrons. The zero-order valence-corrected chi connectivity index (χ0v) is 14.6. The standard InChI is InChI=1S/C16H16N2O7S/c1-23-14-5-3-12(18(19)20)9-16(14)26(21,22)17-7-6-11-2-4-13-15(8-11)25-10-24-13/h2-5,8-9,17H,6-7,10H2,1H3. The van der Waals surface area contributed by atoms with E-state index in [9.17, 15) is 18.5 Å². The fraction of sp³-hybridized carbons (Fsp3) is 0.250. The van der Waals surface area contributed by atoms with Crippen LogP contribution in [0.25, 0.3) is 0 Å². The highest BCUT2D eigenvalue weighted by molar-refractivity contribution is 7.89. The van der Waals surface area contributed by atoms with Gasteiger partial charge in [0.25, 0.3) is 5.69 Å². The van der Waals surface area contributed by atoms with Crippen LogP contribution in [0.5, 0.6) is 17.2 Å². The molecule has 0 saturated heterocycles. The molecule has 0 amide bonds. The minimum absolute atomic E-state index is 0.0335. The predicted molar refractivity (Wildman–Crippen MR) is 91.1 cm³/mol. The van der Waals surface area contributed by atoms with Gasteiger partial charge in [-0.25, -0.2) is 13.1 Å². The second-order valence-corrected chi connectivity index (χ2v) is 7.16. The van der Waals surface area contributed by atoms with E-state index in [1.165, 1.54) is 19.2 Å². The summed E-state index contributed by atoms with van der Waals surface area (Å²) in [5.41, 5.74) is 0.532. The van der Waals surface area contributed by atoms with Crippen LogP contribution >= 0.6 is 0 Å². The molecule has 0 bridgehead atoms. The quantitative estimate of drug-likeness (QED) is 0.575. The number of benzene rings is 2. The summed E-state index contributed by atoms with van der Waals surface area (Å²) < 4.78 is 43.0. The topological polar surface area (TPSA) is 117 Å². The molecule has 3 rings (SSSR count). The number of rotatable bonds is 7. The van der Waals surface area contributed by atoms with Gasteiger partial charge in [-0.3, -0.25) is 10.1 Å². The first-order chi connectivity index (χ1) is 12.4. The molecule has 0 unspecified atom stereocenters. The third kappa shape index (κ3) is 3.70. The predicted octanol–water partition coefficient (Wildman–Crippen LogP) is 1.85. The molecule has 9 nitrogen and oxygen atoms in total. The van der Waals surface area contributed by atoms with E-state index < -0.39 is 14.9 Å². The van der Waals surface area contributed by atoms with Crippen molar-refractivity contribution in [2.45, 2.75) is 11.3 Å². The fourth-order valence-corrected chi connectivity index (χ4v) is 3.71. The molecule has 1 aliphatic heterocycles.